The first kappa shape index (κ1) is 26.1. The van der Waals surface area contributed by atoms with Crippen LogP contribution >= 0.6 is 0 Å². The van der Waals surface area contributed by atoms with Crippen LogP contribution in [-0.2, 0) is 30.3 Å². The van der Waals surface area contributed by atoms with Crippen molar-refractivity contribution in [1.82, 2.24) is 5.32 Å². The SMILES string of the molecule is COC(=O)C1CCC(C(=O)N[C@@H](Cc2ccc(-c3c(OC)cccc3OC)cc2)C(=O)OC)CC1. The van der Waals surface area contributed by atoms with Crippen molar-refractivity contribution in [3.63, 3.8) is 0 Å². The molecule has 188 valence electrons. The summed E-state index contributed by atoms with van der Waals surface area (Å²) >= 11 is 0. The zero-order chi connectivity index (χ0) is 25.4. The lowest BCUT2D eigenvalue weighted by Gasteiger charge is -2.27. The van der Waals surface area contributed by atoms with Gasteiger partial charge in [-0.3, -0.25) is 9.59 Å². The molecule has 1 amide bonds. The molecule has 1 fully saturated rings. The van der Waals surface area contributed by atoms with E-state index < -0.39 is 12.0 Å². The summed E-state index contributed by atoms with van der Waals surface area (Å²) in [5.41, 5.74) is 2.61. The van der Waals surface area contributed by atoms with Crippen molar-refractivity contribution in [3.05, 3.63) is 48.0 Å². The van der Waals surface area contributed by atoms with E-state index in [4.69, 9.17) is 18.9 Å². The molecule has 1 aliphatic carbocycles. The number of hydrogen-bond acceptors (Lipinski definition) is 7. The number of carbonyl (C=O) groups is 3. The fraction of sp³-hybridized carbons (Fsp3) is 0.444. The number of amides is 1. The second kappa shape index (κ2) is 12.2. The van der Waals surface area contributed by atoms with Crippen LogP contribution in [0.1, 0.15) is 31.2 Å². The van der Waals surface area contributed by atoms with Gasteiger partial charge in [0.25, 0.3) is 0 Å². The number of methoxy groups -OCH3 is 4. The Hall–Kier alpha value is -3.55. The number of rotatable bonds is 9. The highest BCUT2D eigenvalue weighted by Crippen LogP contribution is 2.38. The third-order valence-corrected chi connectivity index (χ3v) is 6.54. The Morgan fingerprint density at radius 3 is 1.91 bits per heavy atom. The Balaban J connectivity index is 1.69. The fourth-order valence-electron chi connectivity index (χ4n) is 4.56. The summed E-state index contributed by atoms with van der Waals surface area (Å²) in [6.07, 6.45) is 2.65. The fourth-order valence-corrected chi connectivity index (χ4v) is 4.56. The Labute approximate surface area is 205 Å². The van der Waals surface area contributed by atoms with Crippen molar-refractivity contribution in [1.29, 1.82) is 0 Å². The molecular formula is C27H33NO7. The van der Waals surface area contributed by atoms with Gasteiger partial charge in [0.15, 0.2) is 0 Å². The zero-order valence-electron chi connectivity index (χ0n) is 20.7. The van der Waals surface area contributed by atoms with Crippen LogP contribution < -0.4 is 14.8 Å². The predicted octanol–water partition coefficient (Wildman–Crippen LogP) is 3.55. The van der Waals surface area contributed by atoms with E-state index in [2.05, 4.69) is 5.32 Å². The Kier molecular flexibility index (Phi) is 9.11. The number of ether oxygens (including phenoxy) is 4. The van der Waals surface area contributed by atoms with Gasteiger partial charge < -0.3 is 24.3 Å². The molecule has 0 heterocycles. The average Bonchev–Trinajstić information content (AvgIpc) is 2.91. The van der Waals surface area contributed by atoms with Crippen molar-refractivity contribution in [2.45, 2.75) is 38.1 Å². The molecule has 0 aromatic heterocycles. The summed E-state index contributed by atoms with van der Waals surface area (Å²) in [6.45, 7) is 0. The molecule has 35 heavy (non-hydrogen) atoms. The van der Waals surface area contributed by atoms with Crippen LogP contribution in [0, 0.1) is 11.8 Å². The van der Waals surface area contributed by atoms with E-state index in [0.717, 1.165) is 16.7 Å². The normalized spacial score (nSPS) is 18.2. The summed E-state index contributed by atoms with van der Waals surface area (Å²) < 4.78 is 20.7. The number of carbonyl (C=O) groups excluding carboxylic acids is 3. The van der Waals surface area contributed by atoms with Gasteiger partial charge in [-0.15, -0.1) is 0 Å². The van der Waals surface area contributed by atoms with Gasteiger partial charge in [-0.1, -0.05) is 30.3 Å². The molecule has 3 rings (SSSR count). The monoisotopic (exact) mass is 483 g/mol. The highest BCUT2D eigenvalue weighted by atomic mass is 16.5. The summed E-state index contributed by atoms with van der Waals surface area (Å²) in [4.78, 5) is 37.1. The minimum absolute atomic E-state index is 0.166. The molecule has 8 nitrogen and oxygen atoms in total. The maximum atomic E-state index is 12.9. The van der Waals surface area contributed by atoms with Gasteiger partial charge in [-0.05, 0) is 48.9 Å². The molecule has 0 saturated heterocycles. The van der Waals surface area contributed by atoms with E-state index in [0.29, 0.717) is 43.6 Å². The van der Waals surface area contributed by atoms with Crippen LogP contribution in [0.4, 0.5) is 0 Å². The third kappa shape index (κ3) is 6.32. The molecular weight excluding hydrogens is 450 g/mol. The summed E-state index contributed by atoms with van der Waals surface area (Å²) in [5, 5.41) is 2.86. The molecule has 0 bridgehead atoms. The lowest BCUT2D eigenvalue weighted by molar-refractivity contribution is -0.148. The molecule has 1 saturated carbocycles. The predicted molar refractivity (Wildman–Crippen MR) is 130 cm³/mol. The largest absolute Gasteiger partial charge is 0.496 e. The first-order chi connectivity index (χ1) is 16.9. The lowest BCUT2D eigenvalue weighted by atomic mass is 9.81. The quantitative estimate of drug-likeness (QED) is 0.545. The van der Waals surface area contributed by atoms with E-state index in [1.54, 1.807) is 14.2 Å². The first-order valence-electron chi connectivity index (χ1n) is 11.7. The second-order valence-corrected chi connectivity index (χ2v) is 8.59. The van der Waals surface area contributed by atoms with Gasteiger partial charge in [0.05, 0.1) is 39.9 Å². The number of nitrogens with one attached hydrogen (secondary N) is 1. The van der Waals surface area contributed by atoms with Crippen LogP contribution in [0.25, 0.3) is 11.1 Å². The van der Waals surface area contributed by atoms with Crippen LogP contribution in [0.15, 0.2) is 42.5 Å². The van der Waals surface area contributed by atoms with E-state index in [9.17, 15) is 14.4 Å². The van der Waals surface area contributed by atoms with Crippen molar-refractivity contribution in [2.75, 3.05) is 28.4 Å². The van der Waals surface area contributed by atoms with Crippen LogP contribution in [-0.4, -0.2) is 52.3 Å². The smallest absolute Gasteiger partial charge is 0.328 e. The van der Waals surface area contributed by atoms with Gasteiger partial charge in [-0.2, -0.15) is 0 Å². The topological polar surface area (TPSA) is 100 Å². The van der Waals surface area contributed by atoms with E-state index in [-0.39, 0.29) is 23.7 Å². The minimum Gasteiger partial charge on any atom is -0.496 e. The Morgan fingerprint density at radius 1 is 0.829 bits per heavy atom. The van der Waals surface area contributed by atoms with Gasteiger partial charge in [-0.25, -0.2) is 4.79 Å². The lowest BCUT2D eigenvalue weighted by Crippen LogP contribution is -2.46. The van der Waals surface area contributed by atoms with Crippen molar-refractivity contribution >= 4 is 17.8 Å². The molecule has 8 heteroatoms. The maximum Gasteiger partial charge on any atom is 0.328 e. The van der Waals surface area contributed by atoms with Crippen LogP contribution in [0.2, 0.25) is 0 Å². The van der Waals surface area contributed by atoms with E-state index >= 15 is 0 Å². The van der Waals surface area contributed by atoms with E-state index in [1.165, 1.54) is 14.2 Å². The van der Waals surface area contributed by atoms with Crippen LogP contribution in [0.5, 0.6) is 11.5 Å². The summed E-state index contributed by atoms with van der Waals surface area (Å²) in [6, 6.07) is 12.5. The molecule has 0 aliphatic heterocycles. The standard InChI is InChI=1S/C27H33NO7/c1-32-22-6-5-7-23(33-2)24(22)18-10-8-17(9-11-18)16-21(27(31)35-4)28-25(29)19-12-14-20(15-13-19)26(30)34-3/h5-11,19-21H,12-16H2,1-4H3,(H,28,29)/t19?,20?,21-/m0/s1. The van der Waals surface area contributed by atoms with Crippen molar-refractivity contribution in [2.24, 2.45) is 11.8 Å². The molecule has 2 aromatic carbocycles. The van der Waals surface area contributed by atoms with Crippen LogP contribution in [0.3, 0.4) is 0 Å². The number of hydrogen-bond donors (Lipinski definition) is 1. The van der Waals surface area contributed by atoms with Crippen molar-refractivity contribution in [3.8, 4) is 22.6 Å². The highest BCUT2D eigenvalue weighted by Gasteiger charge is 2.32. The van der Waals surface area contributed by atoms with Gasteiger partial charge in [0.2, 0.25) is 5.91 Å². The molecule has 1 atom stereocenters. The number of benzene rings is 2. The molecule has 2 aromatic rings. The summed E-state index contributed by atoms with van der Waals surface area (Å²) in [7, 11) is 5.90. The molecule has 0 radical (unpaired) electrons. The average molecular weight is 484 g/mol. The van der Waals surface area contributed by atoms with Gasteiger partial charge in [0.1, 0.15) is 17.5 Å². The minimum atomic E-state index is -0.808. The zero-order valence-corrected chi connectivity index (χ0v) is 20.7. The maximum absolute atomic E-state index is 12.9. The third-order valence-electron chi connectivity index (χ3n) is 6.54. The molecule has 1 aliphatic rings. The number of esters is 2. The highest BCUT2D eigenvalue weighted by molar-refractivity contribution is 5.86. The molecule has 0 spiro atoms. The van der Waals surface area contributed by atoms with Gasteiger partial charge in [0, 0.05) is 12.3 Å². The molecule has 0 unspecified atom stereocenters. The second-order valence-electron chi connectivity index (χ2n) is 8.59. The first-order valence-corrected chi connectivity index (χ1v) is 11.7. The Bertz CT molecular complexity index is 1000. The summed E-state index contributed by atoms with van der Waals surface area (Å²) in [5.74, 6) is 0.0448. The van der Waals surface area contributed by atoms with E-state index in [1.807, 2.05) is 42.5 Å². The molecule has 1 N–H and O–H groups in total. The van der Waals surface area contributed by atoms with Crippen molar-refractivity contribution < 1.29 is 33.3 Å². The Morgan fingerprint density at radius 2 is 1.40 bits per heavy atom. The van der Waals surface area contributed by atoms with Gasteiger partial charge >= 0.3 is 11.9 Å².